The van der Waals surface area contributed by atoms with Crippen molar-refractivity contribution in [3.05, 3.63) is 0 Å². The summed E-state index contributed by atoms with van der Waals surface area (Å²) in [6, 6.07) is 0.0186. The first-order chi connectivity index (χ1) is 9.67. The molecule has 0 spiro atoms. The number of methoxy groups -OCH3 is 1. The van der Waals surface area contributed by atoms with Gasteiger partial charge in [0.25, 0.3) is 0 Å². The van der Waals surface area contributed by atoms with Crippen molar-refractivity contribution in [1.29, 1.82) is 0 Å². The molecule has 0 aliphatic heterocycles. The number of nitrogens with two attached hydrogens (primary N) is 1. The number of hydrogen-bond donors (Lipinski definition) is 2. The summed E-state index contributed by atoms with van der Waals surface area (Å²) in [6.45, 7) is 3.46. The van der Waals surface area contributed by atoms with Gasteiger partial charge in [0.15, 0.2) is 0 Å². The molecule has 0 radical (unpaired) electrons. The molecule has 20 heavy (non-hydrogen) atoms. The highest BCUT2D eigenvalue weighted by Gasteiger charge is 2.25. The summed E-state index contributed by atoms with van der Waals surface area (Å²) >= 11 is 0. The lowest BCUT2D eigenvalue weighted by Gasteiger charge is -2.27. The Hall–Kier alpha value is -0.610. The van der Waals surface area contributed by atoms with E-state index in [9.17, 15) is 4.79 Å². The summed E-state index contributed by atoms with van der Waals surface area (Å²) in [5.41, 5.74) is 5.84. The fourth-order valence-corrected chi connectivity index (χ4v) is 3.03. The Kier molecular flexibility index (Phi) is 8.86. The van der Waals surface area contributed by atoms with Gasteiger partial charge in [0.1, 0.15) is 0 Å². The van der Waals surface area contributed by atoms with Crippen molar-refractivity contribution in [2.75, 3.05) is 20.3 Å². The molecule has 4 heteroatoms. The zero-order valence-electron chi connectivity index (χ0n) is 13.2. The van der Waals surface area contributed by atoms with Gasteiger partial charge in [-0.05, 0) is 38.0 Å². The van der Waals surface area contributed by atoms with Crippen LogP contribution < -0.4 is 11.1 Å². The molecule has 1 aliphatic carbocycles. The van der Waals surface area contributed by atoms with Crippen LogP contribution in [-0.4, -0.2) is 32.2 Å². The molecule has 0 aromatic carbocycles. The van der Waals surface area contributed by atoms with E-state index in [0.29, 0.717) is 13.2 Å². The first-order valence-corrected chi connectivity index (χ1v) is 8.19. The topological polar surface area (TPSA) is 64.4 Å². The third kappa shape index (κ3) is 6.71. The minimum atomic E-state index is 0.0186. The van der Waals surface area contributed by atoms with Crippen molar-refractivity contribution in [3.8, 4) is 0 Å². The first kappa shape index (κ1) is 17.4. The number of carbonyl (C=O) groups is 1. The van der Waals surface area contributed by atoms with E-state index in [-0.39, 0.29) is 17.9 Å². The summed E-state index contributed by atoms with van der Waals surface area (Å²) in [4.78, 5) is 12.1. The van der Waals surface area contributed by atoms with Crippen LogP contribution >= 0.6 is 0 Å². The molecule has 0 heterocycles. The lowest BCUT2D eigenvalue weighted by Crippen LogP contribution is -2.37. The third-order valence-electron chi connectivity index (χ3n) is 4.38. The Labute approximate surface area is 123 Å². The minimum absolute atomic E-state index is 0.0186. The third-order valence-corrected chi connectivity index (χ3v) is 4.38. The molecule has 118 valence electrons. The van der Waals surface area contributed by atoms with E-state index >= 15 is 0 Å². The summed E-state index contributed by atoms with van der Waals surface area (Å²) in [5, 5.41) is 3.03. The van der Waals surface area contributed by atoms with Crippen molar-refractivity contribution in [2.24, 2.45) is 17.6 Å². The molecule has 4 nitrogen and oxygen atoms in total. The van der Waals surface area contributed by atoms with E-state index in [1.165, 1.54) is 32.1 Å². The molecule has 1 unspecified atom stereocenters. The minimum Gasteiger partial charge on any atom is -0.383 e. The molecule has 1 saturated carbocycles. The Morgan fingerprint density at radius 1 is 1.35 bits per heavy atom. The molecule has 0 aromatic rings. The average molecular weight is 284 g/mol. The van der Waals surface area contributed by atoms with Crippen LogP contribution in [0.1, 0.15) is 58.3 Å². The highest BCUT2D eigenvalue weighted by Crippen LogP contribution is 2.31. The standard InChI is InChI=1S/C16H32N2O2/c1-3-4-5-13-6-8-14(9-7-13)16(19)18-11-10-15(17)12-20-2/h13-15H,3-12,17H2,1-2H3,(H,18,19). The molecule has 1 atom stereocenters. The van der Waals surface area contributed by atoms with Crippen molar-refractivity contribution < 1.29 is 9.53 Å². The van der Waals surface area contributed by atoms with E-state index in [1.54, 1.807) is 7.11 Å². The van der Waals surface area contributed by atoms with Crippen LogP contribution in [0.5, 0.6) is 0 Å². The molecule has 3 N–H and O–H groups in total. The zero-order chi connectivity index (χ0) is 14.8. The Balaban J connectivity index is 2.13. The Morgan fingerprint density at radius 3 is 2.65 bits per heavy atom. The van der Waals surface area contributed by atoms with Crippen molar-refractivity contribution in [3.63, 3.8) is 0 Å². The zero-order valence-corrected chi connectivity index (χ0v) is 13.2. The maximum atomic E-state index is 12.1. The Morgan fingerprint density at radius 2 is 2.05 bits per heavy atom. The molecule has 0 bridgehead atoms. The van der Waals surface area contributed by atoms with Crippen LogP contribution in [-0.2, 0) is 9.53 Å². The number of rotatable bonds is 9. The number of hydrogen-bond acceptors (Lipinski definition) is 3. The van der Waals surface area contributed by atoms with Crippen LogP contribution in [0.3, 0.4) is 0 Å². The summed E-state index contributed by atoms with van der Waals surface area (Å²) in [6.07, 6.45) is 9.31. The van der Waals surface area contributed by atoms with Crippen molar-refractivity contribution in [2.45, 2.75) is 64.3 Å². The molecule has 0 aromatic heterocycles. The quantitative estimate of drug-likeness (QED) is 0.683. The van der Waals surface area contributed by atoms with Gasteiger partial charge in [-0.15, -0.1) is 0 Å². The van der Waals surface area contributed by atoms with Gasteiger partial charge in [0.05, 0.1) is 6.61 Å². The van der Waals surface area contributed by atoms with Crippen LogP contribution in [0, 0.1) is 11.8 Å². The fraction of sp³-hybridized carbons (Fsp3) is 0.938. The molecular formula is C16H32N2O2. The average Bonchev–Trinajstić information content (AvgIpc) is 2.46. The van der Waals surface area contributed by atoms with Gasteiger partial charge in [-0.2, -0.15) is 0 Å². The SMILES string of the molecule is CCCCC1CCC(C(=O)NCCC(N)COC)CC1. The summed E-state index contributed by atoms with van der Waals surface area (Å²) < 4.78 is 4.98. The van der Waals surface area contributed by atoms with Crippen molar-refractivity contribution in [1.82, 2.24) is 5.32 Å². The fourth-order valence-electron chi connectivity index (χ4n) is 3.03. The van der Waals surface area contributed by atoms with Crippen LogP contribution in [0.2, 0.25) is 0 Å². The molecular weight excluding hydrogens is 252 g/mol. The predicted molar refractivity (Wildman–Crippen MR) is 82.5 cm³/mol. The number of unbranched alkanes of at least 4 members (excludes halogenated alkanes) is 1. The van der Waals surface area contributed by atoms with Gasteiger partial charge < -0.3 is 15.8 Å². The molecule has 1 aliphatic rings. The largest absolute Gasteiger partial charge is 0.383 e. The highest BCUT2D eigenvalue weighted by molar-refractivity contribution is 5.78. The predicted octanol–water partition coefficient (Wildman–Crippen LogP) is 2.46. The van der Waals surface area contributed by atoms with Crippen LogP contribution in [0.4, 0.5) is 0 Å². The maximum Gasteiger partial charge on any atom is 0.223 e. The van der Waals surface area contributed by atoms with Gasteiger partial charge in [-0.25, -0.2) is 0 Å². The lowest BCUT2D eigenvalue weighted by atomic mass is 9.79. The number of nitrogens with one attached hydrogen (secondary N) is 1. The van der Waals surface area contributed by atoms with E-state index in [1.807, 2.05) is 0 Å². The second kappa shape index (κ2) is 10.2. The molecule has 1 rings (SSSR count). The van der Waals surface area contributed by atoms with Crippen LogP contribution in [0.25, 0.3) is 0 Å². The van der Waals surface area contributed by atoms with Gasteiger partial charge in [0.2, 0.25) is 5.91 Å². The Bertz CT molecular complexity index is 263. The monoisotopic (exact) mass is 284 g/mol. The second-order valence-electron chi connectivity index (χ2n) is 6.16. The molecule has 1 amide bonds. The van der Waals surface area contributed by atoms with E-state index in [4.69, 9.17) is 10.5 Å². The molecule has 1 fully saturated rings. The van der Waals surface area contributed by atoms with E-state index < -0.39 is 0 Å². The summed E-state index contributed by atoms with van der Waals surface area (Å²) in [5.74, 6) is 1.31. The van der Waals surface area contributed by atoms with Gasteiger partial charge >= 0.3 is 0 Å². The smallest absolute Gasteiger partial charge is 0.223 e. The number of ether oxygens (including phenoxy) is 1. The molecule has 0 saturated heterocycles. The van der Waals surface area contributed by atoms with Gasteiger partial charge in [-0.3, -0.25) is 4.79 Å². The van der Waals surface area contributed by atoms with Crippen LogP contribution in [0.15, 0.2) is 0 Å². The highest BCUT2D eigenvalue weighted by atomic mass is 16.5. The second-order valence-corrected chi connectivity index (χ2v) is 6.16. The van der Waals surface area contributed by atoms with E-state index in [2.05, 4.69) is 12.2 Å². The summed E-state index contributed by atoms with van der Waals surface area (Å²) in [7, 11) is 1.65. The van der Waals surface area contributed by atoms with Gasteiger partial charge in [-0.1, -0.05) is 26.2 Å². The number of amides is 1. The first-order valence-electron chi connectivity index (χ1n) is 8.19. The maximum absolute atomic E-state index is 12.1. The lowest BCUT2D eigenvalue weighted by molar-refractivity contribution is -0.126. The number of carbonyl (C=O) groups excluding carboxylic acids is 1. The van der Waals surface area contributed by atoms with Gasteiger partial charge in [0, 0.05) is 25.6 Å². The van der Waals surface area contributed by atoms with Crippen molar-refractivity contribution >= 4 is 5.91 Å². The van der Waals surface area contributed by atoms with E-state index in [0.717, 1.165) is 25.2 Å². The normalized spacial score (nSPS) is 24.4.